The molecule has 1 rings (SSSR count). The van der Waals surface area contributed by atoms with Gasteiger partial charge in [0.1, 0.15) is 0 Å². The van der Waals surface area contributed by atoms with Crippen LogP contribution in [-0.4, -0.2) is 10.2 Å². The quantitative estimate of drug-likeness (QED) is 0.560. The first-order valence-electron chi connectivity index (χ1n) is 2.62. The minimum absolute atomic E-state index is 0. The van der Waals surface area contributed by atoms with E-state index in [0.717, 1.165) is 0 Å². The van der Waals surface area contributed by atoms with Crippen LogP contribution in [0.1, 0.15) is 19.7 Å². The summed E-state index contributed by atoms with van der Waals surface area (Å²) in [5.74, 6) is 0.606. The number of aryl methyl sites for hydroxylation is 1. The Labute approximate surface area is 61.9 Å². The Morgan fingerprint density at radius 3 is 2.11 bits per heavy atom. The number of hydrogen-bond acceptors (Lipinski definition) is 3. The summed E-state index contributed by atoms with van der Waals surface area (Å²) in [4.78, 5) is 0. The molecule has 4 heteroatoms. The number of aromatic nitrogens is 2. The van der Waals surface area contributed by atoms with Crippen molar-refractivity contribution in [2.75, 3.05) is 0 Å². The number of hydrogen-bond donors (Lipinski definition) is 0. The maximum Gasteiger partial charge on any atom is 0.213 e. The zero-order valence-electron chi connectivity index (χ0n) is 5.88. The molecule has 0 aliphatic heterocycles. The van der Waals surface area contributed by atoms with E-state index in [1.807, 2.05) is 13.8 Å². The van der Waals surface area contributed by atoms with Crippen molar-refractivity contribution in [1.82, 2.24) is 10.2 Å². The molecule has 0 aromatic carbocycles. The van der Waals surface area contributed by atoms with Crippen LogP contribution in [0.4, 0.5) is 0 Å². The van der Waals surface area contributed by atoms with Gasteiger partial charge in [-0.3, -0.25) is 0 Å². The fourth-order valence-corrected chi connectivity index (χ4v) is 0.228. The highest BCUT2D eigenvalue weighted by Gasteiger charge is 1.79. The molecule has 9 heavy (non-hydrogen) atoms. The van der Waals surface area contributed by atoms with E-state index in [9.17, 15) is 0 Å². The molecule has 54 valence electrons. The monoisotopic (exact) mass is 148 g/mol. The molecule has 0 spiro atoms. The zero-order chi connectivity index (χ0) is 6.41. The van der Waals surface area contributed by atoms with E-state index in [2.05, 4.69) is 14.6 Å². The lowest BCUT2D eigenvalue weighted by Gasteiger charge is -1.63. The van der Waals surface area contributed by atoms with Gasteiger partial charge in [-0.05, 0) is 0 Å². The van der Waals surface area contributed by atoms with Gasteiger partial charge >= 0.3 is 0 Å². The summed E-state index contributed by atoms with van der Waals surface area (Å²) in [5, 5.41) is 6.91. The first-order chi connectivity index (χ1) is 3.89. The van der Waals surface area contributed by atoms with Crippen LogP contribution in [0.25, 0.3) is 0 Å². The van der Waals surface area contributed by atoms with E-state index < -0.39 is 0 Å². The summed E-state index contributed by atoms with van der Waals surface area (Å²) in [6, 6.07) is 0. The predicted octanol–water partition coefficient (Wildman–Crippen LogP) is 1.52. The molecule has 0 fully saturated rings. The Morgan fingerprint density at radius 2 is 2.00 bits per heavy atom. The van der Waals surface area contributed by atoms with Crippen LogP contribution in [0.3, 0.4) is 0 Å². The third-order valence-corrected chi connectivity index (χ3v) is 0.469. The summed E-state index contributed by atoms with van der Waals surface area (Å²) in [7, 11) is 0. The Morgan fingerprint density at radius 1 is 1.44 bits per heavy atom. The van der Waals surface area contributed by atoms with Crippen LogP contribution in [0, 0.1) is 6.92 Å². The van der Waals surface area contributed by atoms with Crippen molar-refractivity contribution >= 4 is 13.5 Å². The second-order valence-corrected chi connectivity index (χ2v) is 0.958. The fourth-order valence-electron chi connectivity index (χ4n) is 0.228. The minimum Gasteiger partial charge on any atom is -0.428 e. The fraction of sp³-hybridized carbons (Fsp3) is 0.600. The summed E-state index contributed by atoms with van der Waals surface area (Å²) >= 11 is 0. The normalized spacial score (nSPS) is 6.56. The molecular weight excluding hydrogens is 136 g/mol. The Hall–Kier alpha value is -0.510. The second kappa shape index (κ2) is 7.49. The van der Waals surface area contributed by atoms with E-state index in [4.69, 9.17) is 0 Å². The van der Waals surface area contributed by atoms with Gasteiger partial charge in [-0.25, -0.2) is 0 Å². The molecule has 0 atom stereocenters. The van der Waals surface area contributed by atoms with Gasteiger partial charge in [-0.2, -0.15) is 13.5 Å². The molecule has 0 aliphatic rings. The van der Waals surface area contributed by atoms with Crippen molar-refractivity contribution in [1.29, 1.82) is 0 Å². The summed E-state index contributed by atoms with van der Waals surface area (Å²) in [6.45, 7) is 5.74. The van der Waals surface area contributed by atoms with E-state index in [0.29, 0.717) is 5.89 Å². The van der Waals surface area contributed by atoms with Crippen molar-refractivity contribution in [3.05, 3.63) is 12.3 Å². The van der Waals surface area contributed by atoms with Crippen molar-refractivity contribution in [2.24, 2.45) is 0 Å². The summed E-state index contributed by atoms with van der Waals surface area (Å²) in [6.07, 6.45) is 1.30. The molecule has 1 aromatic heterocycles. The molecule has 0 radical (unpaired) electrons. The standard InChI is InChI=1S/C3H4N2O.C2H6.H2S/c1-3-5-4-2-6-3;1-2;/h2H,1H3;1-2H3;1H2. The number of nitrogens with zero attached hydrogens (tertiary/aromatic N) is 2. The van der Waals surface area contributed by atoms with Gasteiger partial charge in [0.2, 0.25) is 12.3 Å². The Bertz CT molecular complexity index is 119. The largest absolute Gasteiger partial charge is 0.428 e. The Kier molecular flexibility index (Phi) is 9.41. The highest BCUT2D eigenvalue weighted by molar-refractivity contribution is 7.59. The smallest absolute Gasteiger partial charge is 0.213 e. The van der Waals surface area contributed by atoms with Gasteiger partial charge in [0.15, 0.2) is 0 Å². The highest BCUT2D eigenvalue weighted by atomic mass is 32.1. The molecule has 0 unspecified atom stereocenters. The summed E-state index contributed by atoms with van der Waals surface area (Å²) < 4.78 is 4.61. The molecular formula is C5H12N2OS. The summed E-state index contributed by atoms with van der Waals surface area (Å²) in [5.41, 5.74) is 0. The lowest BCUT2D eigenvalue weighted by Crippen LogP contribution is -1.65. The SMILES string of the molecule is CC.Cc1nnco1.S. The highest BCUT2D eigenvalue weighted by Crippen LogP contribution is 1.82. The van der Waals surface area contributed by atoms with Crippen LogP contribution in [-0.2, 0) is 0 Å². The molecule has 1 aromatic rings. The molecule has 3 nitrogen and oxygen atoms in total. The van der Waals surface area contributed by atoms with Crippen LogP contribution in [0.2, 0.25) is 0 Å². The molecule has 0 N–H and O–H groups in total. The van der Waals surface area contributed by atoms with Gasteiger partial charge in [-0.15, -0.1) is 10.2 Å². The number of rotatable bonds is 0. The van der Waals surface area contributed by atoms with Crippen molar-refractivity contribution < 1.29 is 4.42 Å². The predicted molar refractivity (Wildman–Crippen MR) is 40.8 cm³/mol. The molecule has 0 aliphatic carbocycles. The van der Waals surface area contributed by atoms with E-state index in [1.165, 1.54) is 6.39 Å². The second-order valence-electron chi connectivity index (χ2n) is 0.958. The van der Waals surface area contributed by atoms with Gasteiger partial charge in [-0.1, -0.05) is 13.8 Å². The van der Waals surface area contributed by atoms with E-state index >= 15 is 0 Å². The zero-order valence-corrected chi connectivity index (χ0v) is 6.88. The lowest BCUT2D eigenvalue weighted by atomic mass is 10.8. The van der Waals surface area contributed by atoms with Gasteiger partial charge in [0.25, 0.3) is 0 Å². The molecule has 0 bridgehead atoms. The molecule has 0 amide bonds. The van der Waals surface area contributed by atoms with Gasteiger partial charge in [0.05, 0.1) is 0 Å². The first-order valence-corrected chi connectivity index (χ1v) is 2.62. The van der Waals surface area contributed by atoms with Crippen LogP contribution in [0.15, 0.2) is 10.8 Å². The first kappa shape index (κ1) is 11.3. The maximum atomic E-state index is 4.61. The van der Waals surface area contributed by atoms with Crippen LogP contribution in [0.5, 0.6) is 0 Å². The maximum absolute atomic E-state index is 4.61. The minimum atomic E-state index is 0. The lowest BCUT2D eigenvalue weighted by molar-refractivity contribution is 0.518. The van der Waals surface area contributed by atoms with Gasteiger partial charge in [0, 0.05) is 6.92 Å². The van der Waals surface area contributed by atoms with E-state index in [-0.39, 0.29) is 13.5 Å². The average Bonchev–Trinajstić information content (AvgIpc) is 2.24. The molecule has 0 saturated heterocycles. The average molecular weight is 148 g/mol. The molecule has 0 saturated carbocycles. The van der Waals surface area contributed by atoms with E-state index in [1.54, 1.807) is 6.92 Å². The van der Waals surface area contributed by atoms with Crippen LogP contribution < -0.4 is 0 Å². The third kappa shape index (κ3) is 5.36. The Balaban J connectivity index is 0. The molecule has 1 heterocycles. The van der Waals surface area contributed by atoms with Crippen molar-refractivity contribution in [3.63, 3.8) is 0 Å². The topological polar surface area (TPSA) is 38.9 Å². The van der Waals surface area contributed by atoms with Gasteiger partial charge < -0.3 is 4.42 Å². The van der Waals surface area contributed by atoms with Crippen LogP contribution >= 0.6 is 13.5 Å². The van der Waals surface area contributed by atoms with Crippen molar-refractivity contribution in [3.8, 4) is 0 Å². The third-order valence-electron chi connectivity index (χ3n) is 0.469. The van der Waals surface area contributed by atoms with Crippen molar-refractivity contribution in [2.45, 2.75) is 20.8 Å².